The van der Waals surface area contributed by atoms with Crippen LogP contribution in [0.4, 0.5) is 24.1 Å². The summed E-state index contributed by atoms with van der Waals surface area (Å²) in [7, 11) is 0. The van der Waals surface area contributed by atoms with Gasteiger partial charge in [0.2, 0.25) is 0 Å². The Balaban J connectivity index is 1.37. The number of urea groups is 1. The second kappa shape index (κ2) is 10.4. The summed E-state index contributed by atoms with van der Waals surface area (Å²) in [6, 6.07) is 14.6. The summed E-state index contributed by atoms with van der Waals surface area (Å²) in [6.45, 7) is -1.70. The van der Waals surface area contributed by atoms with Crippen LogP contribution < -0.4 is 15.4 Å². The first-order chi connectivity index (χ1) is 14.5. The smallest absolute Gasteiger partial charge is 0.410 e. The highest BCUT2D eigenvalue weighted by Crippen LogP contribution is 2.18. The molecule has 0 unspecified atom stereocenters. The zero-order chi connectivity index (χ0) is 21.3. The number of ether oxygens (including phenoxy) is 2. The van der Waals surface area contributed by atoms with Crippen molar-refractivity contribution in [3.63, 3.8) is 0 Å². The molecule has 7 nitrogen and oxygen atoms in total. The van der Waals surface area contributed by atoms with Crippen LogP contribution in [0.2, 0.25) is 0 Å². The van der Waals surface area contributed by atoms with Gasteiger partial charge in [0.1, 0.15) is 12.4 Å². The van der Waals surface area contributed by atoms with Crippen molar-refractivity contribution < 1.29 is 27.8 Å². The predicted molar refractivity (Wildman–Crippen MR) is 106 cm³/mol. The third kappa shape index (κ3) is 6.61. The van der Waals surface area contributed by atoms with Gasteiger partial charge in [0.15, 0.2) is 0 Å². The van der Waals surface area contributed by atoms with Gasteiger partial charge in [-0.25, -0.2) is 9.59 Å². The number of benzene rings is 2. The van der Waals surface area contributed by atoms with E-state index in [-0.39, 0.29) is 24.5 Å². The zero-order valence-corrected chi connectivity index (χ0v) is 16.2. The van der Waals surface area contributed by atoms with Gasteiger partial charge in [-0.3, -0.25) is 0 Å². The molecule has 3 amide bonds. The van der Waals surface area contributed by atoms with E-state index in [0.717, 1.165) is 5.56 Å². The molecule has 2 aromatic carbocycles. The summed E-state index contributed by atoms with van der Waals surface area (Å²) in [6.07, 6.45) is 0.845. The molecule has 0 atom stereocenters. The van der Waals surface area contributed by atoms with Crippen LogP contribution in [0, 0.1) is 0 Å². The SMILES string of the molecule is O=C(Nc1ccc(OC(F)F)cc1)NC1CCN(C(=O)OCc2ccccc2)CC1. The van der Waals surface area contributed by atoms with E-state index in [1.54, 1.807) is 4.90 Å². The van der Waals surface area contributed by atoms with Gasteiger partial charge >= 0.3 is 18.7 Å². The predicted octanol–water partition coefficient (Wildman–Crippen LogP) is 4.21. The molecule has 0 spiro atoms. The summed E-state index contributed by atoms with van der Waals surface area (Å²) in [5, 5.41) is 5.50. The Bertz CT molecular complexity index is 826. The number of carbonyl (C=O) groups excluding carboxylic acids is 2. The molecule has 30 heavy (non-hydrogen) atoms. The van der Waals surface area contributed by atoms with Crippen LogP contribution in [-0.4, -0.2) is 42.8 Å². The number of amides is 3. The van der Waals surface area contributed by atoms with Gasteiger partial charge in [-0.2, -0.15) is 8.78 Å². The Morgan fingerprint density at radius 2 is 1.70 bits per heavy atom. The molecular weight excluding hydrogens is 396 g/mol. The number of rotatable bonds is 6. The third-order valence-electron chi connectivity index (χ3n) is 4.63. The second-order valence-electron chi connectivity index (χ2n) is 6.80. The van der Waals surface area contributed by atoms with Gasteiger partial charge in [0, 0.05) is 24.8 Å². The maximum atomic E-state index is 12.2. The lowest BCUT2D eigenvalue weighted by atomic mass is 10.1. The molecule has 9 heteroatoms. The quantitative estimate of drug-likeness (QED) is 0.735. The van der Waals surface area contributed by atoms with Crippen molar-refractivity contribution in [2.45, 2.75) is 32.1 Å². The molecule has 2 N–H and O–H groups in total. The fourth-order valence-corrected chi connectivity index (χ4v) is 3.09. The third-order valence-corrected chi connectivity index (χ3v) is 4.63. The van der Waals surface area contributed by atoms with Crippen LogP contribution in [0.1, 0.15) is 18.4 Å². The minimum Gasteiger partial charge on any atom is -0.445 e. The maximum Gasteiger partial charge on any atom is 0.410 e. The summed E-state index contributed by atoms with van der Waals surface area (Å²) < 4.78 is 33.9. The molecule has 0 aromatic heterocycles. The molecule has 0 radical (unpaired) electrons. The van der Waals surface area contributed by atoms with Gasteiger partial charge in [0.25, 0.3) is 0 Å². The summed E-state index contributed by atoms with van der Waals surface area (Å²) in [4.78, 5) is 25.9. The molecular formula is C21H23F2N3O4. The lowest BCUT2D eigenvalue weighted by Gasteiger charge is -2.31. The average molecular weight is 419 g/mol. The van der Waals surface area contributed by atoms with E-state index in [0.29, 0.717) is 31.6 Å². The van der Waals surface area contributed by atoms with Gasteiger partial charge < -0.3 is 25.0 Å². The fourth-order valence-electron chi connectivity index (χ4n) is 3.09. The first-order valence-corrected chi connectivity index (χ1v) is 9.57. The number of nitrogens with zero attached hydrogens (tertiary/aromatic N) is 1. The van der Waals surface area contributed by atoms with E-state index in [1.807, 2.05) is 30.3 Å². The molecule has 1 fully saturated rings. The summed E-state index contributed by atoms with van der Waals surface area (Å²) in [5.74, 6) is 0.0162. The highest BCUT2D eigenvalue weighted by Gasteiger charge is 2.24. The Morgan fingerprint density at radius 3 is 2.33 bits per heavy atom. The van der Waals surface area contributed by atoms with Crippen LogP contribution in [-0.2, 0) is 11.3 Å². The largest absolute Gasteiger partial charge is 0.445 e. The van der Waals surface area contributed by atoms with Crippen LogP contribution in [0.25, 0.3) is 0 Å². The Kier molecular flexibility index (Phi) is 7.42. The summed E-state index contributed by atoms with van der Waals surface area (Å²) in [5.41, 5.74) is 1.38. The molecule has 0 bridgehead atoms. The average Bonchev–Trinajstić information content (AvgIpc) is 2.74. The number of nitrogens with one attached hydrogen (secondary N) is 2. The van der Waals surface area contributed by atoms with Crippen LogP contribution >= 0.6 is 0 Å². The maximum absolute atomic E-state index is 12.2. The normalized spacial score (nSPS) is 14.3. The number of likely N-dealkylation sites (tertiary alicyclic amines) is 1. The van der Waals surface area contributed by atoms with Crippen LogP contribution in [0.5, 0.6) is 5.75 Å². The number of alkyl halides is 2. The van der Waals surface area contributed by atoms with Crippen molar-refractivity contribution in [3.8, 4) is 5.75 Å². The number of hydrogen-bond donors (Lipinski definition) is 2. The second-order valence-corrected chi connectivity index (χ2v) is 6.80. The molecule has 0 saturated carbocycles. The molecule has 160 valence electrons. The van der Waals surface area contributed by atoms with Gasteiger partial charge in [0.05, 0.1) is 0 Å². The molecule has 2 aromatic rings. The monoisotopic (exact) mass is 419 g/mol. The van der Waals surface area contributed by atoms with E-state index in [9.17, 15) is 18.4 Å². The Hall–Kier alpha value is -3.36. The molecule has 1 saturated heterocycles. The van der Waals surface area contributed by atoms with E-state index in [1.165, 1.54) is 24.3 Å². The van der Waals surface area contributed by atoms with Gasteiger partial charge in [-0.15, -0.1) is 0 Å². The number of halogens is 2. The van der Waals surface area contributed by atoms with Gasteiger partial charge in [-0.05, 0) is 42.7 Å². The fraction of sp³-hybridized carbons (Fsp3) is 0.333. The van der Waals surface area contributed by atoms with Crippen LogP contribution in [0.3, 0.4) is 0 Å². The highest BCUT2D eigenvalue weighted by atomic mass is 19.3. The van der Waals surface area contributed by atoms with Crippen molar-refractivity contribution in [1.29, 1.82) is 0 Å². The van der Waals surface area contributed by atoms with Crippen molar-refractivity contribution in [2.75, 3.05) is 18.4 Å². The molecule has 0 aliphatic carbocycles. The first kappa shape index (κ1) is 21.4. The van der Waals surface area contributed by atoms with Crippen molar-refractivity contribution in [1.82, 2.24) is 10.2 Å². The number of carbonyl (C=O) groups is 2. The number of piperidine rings is 1. The minimum absolute atomic E-state index is 0.0162. The number of hydrogen-bond acceptors (Lipinski definition) is 4. The standard InChI is InChI=1S/C21H23F2N3O4/c22-19(23)30-18-8-6-16(7-9-18)24-20(27)25-17-10-12-26(13-11-17)21(28)29-14-15-4-2-1-3-5-15/h1-9,17,19H,10-14H2,(H2,24,25,27). The Morgan fingerprint density at radius 1 is 1.03 bits per heavy atom. The number of anilines is 1. The molecule has 1 aliphatic heterocycles. The van der Waals surface area contributed by atoms with Crippen LogP contribution in [0.15, 0.2) is 54.6 Å². The van der Waals surface area contributed by atoms with Gasteiger partial charge in [-0.1, -0.05) is 30.3 Å². The van der Waals surface area contributed by atoms with Crippen molar-refractivity contribution >= 4 is 17.8 Å². The van der Waals surface area contributed by atoms with Crippen molar-refractivity contribution in [2.24, 2.45) is 0 Å². The summed E-state index contributed by atoms with van der Waals surface area (Å²) >= 11 is 0. The van der Waals surface area contributed by atoms with E-state index in [2.05, 4.69) is 15.4 Å². The molecule has 3 rings (SSSR count). The highest BCUT2D eigenvalue weighted by molar-refractivity contribution is 5.89. The Labute approximate surface area is 173 Å². The molecule has 1 heterocycles. The van der Waals surface area contributed by atoms with E-state index in [4.69, 9.17) is 4.74 Å². The van der Waals surface area contributed by atoms with E-state index >= 15 is 0 Å². The van der Waals surface area contributed by atoms with Crippen molar-refractivity contribution in [3.05, 3.63) is 60.2 Å². The first-order valence-electron chi connectivity index (χ1n) is 9.57. The topological polar surface area (TPSA) is 79.9 Å². The minimum atomic E-state index is -2.89. The van der Waals surface area contributed by atoms with E-state index < -0.39 is 12.6 Å². The lowest BCUT2D eigenvalue weighted by molar-refractivity contribution is -0.0498. The molecule has 1 aliphatic rings. The lowest BCUT2D eigenvalue weighted by Crippen LogP contribution is -2.47. The zero-order valence-electron chi connectivity index (χ0n) is 16.2.